The number of rotatable bonds is 4. The Bertz CT molecular complexity index is 1740. The zero-order valence-electron chi connectivity index (χ0n) is 20.9. The smallest absolute Gasteiger partial charge is 0.343 e. The number of aromatic nitrogens is 2. The number of fused-ring (bicyclic) bond motifs is 6. The van der Waals surface area contributed by atoms with Crippen molar-refractivity contribution in [2.24, 2.45) is 0 Å². The van der Waals surface area contributed by atoms with Crippen molar-refractivity contribution < 1.29 is 28.8 Å². The van der Waals surface area contributed by atoms with E-state index in [9.17, 15) is 14.7 Å². The van der Waals surface area contributed by atoms with Gasteiger partial charge in [0.05, 0.1) is 35.6 Å². The normalized spacial score (nSPS) is 18.7. The van der Waals surface area contributed by atoms with Crippen molar-refractivity contribution >= 4 is 16.9 Å². The van der Waals surface area contributed by atoms with Crippen LogP contribution in [0.3, 0.4) is 0 Å². The van der Waals surface area contributed by atoms with Crippen LogP contribution in [0.4, 0.5) is 0 Å². The molecule has 38 heavy (non-hydrogen) atoms. The highest BCUT2D eigenvalue weighted by molar-refractivity contribution is 6.02. The summed E-state index contributed by atoms with van der Waals surface area (Å²) in [6.45, 7) is 4.43. The maximum absolute atomic E-state index is 13.5. The number of ether oxygens (including phenoxy) is 4. The minimum atomic E-state index is -1.87. The molecule has 0 amide bonds. The van der Waals surface area contributed by atoms with Gasteiger partial charge in [-0.25, -0.2) is 9.78 Å². The van der Waals surface area contributed by atoms with Crippen LogP contribution in [-0.2, 0) is 28.3 Å². The van der Waals surface area contributed by atoms with Crippen molar-refractivity contribution in [3.63, 3.8) is 0 Å². The van der Waals surface area contributed by atoms with Gasteiger partial charge in [-0.05, 0) is 43.2 Å². The van der Waals surface area contributed by atoms with E-state index in [2.05, 4.69) is 0 Å². The summed E-state index contributed by atoms with van der Waals surface area (Å²) >= 11 is 0. The monoisotopic (exact) mass is 512 g/mol. The molecule has 0 spiro atoms. The molecule has 0 fully saturated rings. The Kier molecular flexibility index (Phi) is 4.84. The number of cyclic esters (lactones) is 1. The molecule has 0 saturated carbocycles. The molecule has 0 bridgehead atoms. The molecule has 3 aliphatic heterocycles. The second kappa shape index (κ2) is 8.06. The Hall–Kier alpha value is -4.37. The molecule has 192 valence electrons. The third-order valence-corrected chi connectivity index (χ3v) is 7.58. The number of benzene rings is 2. The summed E-state index contributed by atoms with van der Waals surface area (Å²) in [5.74, 6) is 1.23. The number of hydrogen-bond donors (Lipinski definition) is 1. The fourth-order valence-corrected chi connectivity index (χ4v) is 5.68. The number of pyridine rings is 2. The van der Waals surface area contributed by atoms with Crippen LogP contribution < -0.4 is 19.8 Å². The molecule has 1 atom stereocenters. The van der Waals surface area contributed by atoms with Gasteiger partial charge >= 0.3 is 5.97 Å². The quantitative estimate of drug-likeness (QED) is 0.362. The van der Waals surface area contributed by atoms with Gasteiger partial charge in [0, 0.05) is 28.1 Å². The summed E-state index contributed by atoms with van der Waals surface area (Å²) in [5.41, 5.74) is 2.88. The Morgan fingerprint density at radius 1 is 1.11 bits per heavy atom. The van der Waals surface area contributed by atoms with Crippen LogP contribution in [0.1, 0.15) is 37.0 Å². The second-order valence-corrected chi connectivity index (χ2v) is 9.61. The van der Waals surface area contributed by atoms with E-state index in [1.54, 1.807) is 17.6 Å². The van der Waals surface area contributed by atoms with Gasteiger partial charge in [-0.3, -0.25) is 4.79 Å². The lowest BCUT2D eigenvalue weighted by Crippen LogP contribution is -2.44. The van der Waals surface area contributed by atoms with E-state index in [1.165, 1.54) is 0 Å². The Morgan fingerprint density at radius 3 is 2.79 bits per heavy atom. The number of carbonyl (C=O) groups excluding carboxylic acids is 1. The standard InChI is InChI=1S/C29H24N2O7/c1-3-29(34)20-10-22-25-16(12-31(22)27(32)19(20)13-36-28(29)33)9-18-21(30-25)11-23-26(38-14-37-23)24(18)15-6-5-7-17(8-15)35-4-2/h5-11,34H,3-4,12-14H2,1-2H3/t29-/m0/s1. The average molecular weight is 513 g/mol. The van der Waals surface area contributed by atoms with Gasteiger partial charge in [0.2, 0.25) is 6.79 Å². The van der Waals surface area contributed by atoms with E-state index in [1.807, 2.05) is 43.3 Å². The average Bonchev–Trinajstić information content (AvgIpc) is 3.53. The highest BCUT2D eigenvalue weighted by Gasteiger charge is 2.45. The van der Waals surface area contributed by atoms with Crippen LogP contribution in [0.2, 0.25) is 0 Å². The van der Waals surface area contributed by atoms with Crippen molar-refractivity contribution in [2.75, 3.05) is 13.4 Å². The second-order valence-electron chi connectivity index (χ2n) is 9.61. The van der Waals surface area contributed by atoms with E-state index in [4.69, 9.17) is 23.9 Å². The van der Waals surface area contributed by atoms with Gasteiger partial charge in [-0.15, -0.1) is 0 Å². The summed E-state index contributed by atoms with van der Waals surface area (Å²) in [6, 6.07) is 13.4. The van der Waals surface area contributed by atoms with Crippen LogP contribution in [0.5, 0.6) is 17.2 Å². The molecule has 0 saturated heterocycles. The SMILES string of the molecule is CCOc1cccc(-c2c3c(cc4nc5c(cc24)Cn2c-5cc4c(c2=O)COC(=O)[C@]4(O)CC)OCO3)c1. The van der Waals surface area contributed by atoms with Gasteiger partial charge in [0.15, 0.2) is 17.1 Å². The molecule has 9 heteroatoms. The van der Waals surface area contributed by atoms with Crippen molar-refractivity contribution in [1.82, 2.24) is 9.55 Å². The molecule has 2 aromatic carbocycles. The van der Waals surface area contributed by atoms with Crippen molar-refractivity contribution in [1.29, 1.82) is 0 Å². The summed E-state index contributed by atoms with van der Waals surface area (Å²) in [4.78, 5) is 30.9. The lowest BCUT2D eigenvalue weighted by molar-refractivity contribution is -0.172. The Morgan fingerprint density at radius 2 is 1.97 bits per heavy atom. The van der Waals surface area contributed by atoms with Crippen LogP contribution in [0.25, 0.3) is 33.4 Å². The van der Waals surface area contributed by atoms with Crippen LogP contribution in [0.15, 0.2) is 47.3 Å². The molecule has 0 unspecified atom stereocenters. The van der Waals surface area contributed by atoms with Gasteiger partial charge in [-0.1, -0.05) is 19.1 Å². The minimum absolute atomic E-state index is 0.0907. The summed E-state index contributed by atoms with van der Waals surface area (Å²) < 4.78 is 24.2. The third-order valence-electron chi connectivity index (χ3n) is 7.58. The zero-order valence-corrected chi connectivity index (χ0v) is 20.9. The van der Waals surface area contributed by atoms with Crippen LogP contribution in [-0.4, -0.2) is 34.0 Å². The minimum Gasteiger partial charge on any atom is -0.494 e. The molecule has 3 aliphatic rings. The van der Waals surface area contributed by atoms with Crippen LogP contribution in [0, 0.1) is 0 Å². The van der Waals surface area contributed by atoms with E-state index in [0.717, 1.165) is 27.8 Å². The topological polar surface area (TPSA) is 109 Å². The molecule has 0 radical (unpaired) electrons. The third kappa shape index (κ3) is 3.05. The van der Waals surface area contributed by atoms with E-state index in [0.29, 0.717) is 52.7 Å². The molecule has 1 N–H and O–H groups in total. The predicted molar refractivity (Wildman–Crippen MR) is 137 cm³/mol. The number of aliphatic hydroxyl groups is 1. The largest absolute Gasteiger partial charge is 0.494 e. The van der Waals surface area contributed by atoms with Gasteiger partial charge in [-0.2, -0.15) is 0 Å². The molecule has 5 heterocycles. The molecule has 7 rings (SSSR count). The first-order chi connectivity index (χ1) is 18.4. The molecular formula is C29H24N2O7. The maximum Gasteiger partial charge on any atom is 0.343 e. The number of nitrogens with zero attached hydrogens (tertiary/aromatic N) is 2. The maximum atomic E-state index is 13.5. The Balaban J connectivity index is 1.46. The number of esters is 1. The van der Waals surface area contributed by atoms with Gasteiger partial charge in [0.1, 0.15) is 12.4 Å². The predicted octanol–water partition coefficient (Wildman–Crippen LogP) is 3.87. The Labute approximate surface area is 217 Å². The van der Waals surface area contributed by atoms with E-state index < -0.39 is 11.6 Å². The highest BCUT2D eigenvalue weighted by Crippen LogP contribution is 2.48. The fraction of sp³-hybridized carbons (Fsp3) is 0.276. The summed E-state index contributed by atoms with van der Waals surface area (Å²) in [6.07, 6.45) is 0.0907. The molecular weight excluding hydrogens is 488 g/mol. The lowest BCUT2D eigenvalue weighted by atomic mass is 9.86. The van der Waals surface area contributed by atoms with Gasteiger partial charge < -0.3 is 28.6 Å². The molecule has 9 nitrogen and oxygen atoms in total. The van der Waals surface area contributed by atoms with Crippen molar-refractivity contribution in [2.45, 2.75) is 39.0 Å². The molecule has 2 aromatic heterocycles. The van der Waals surface area contributed by atoms with E-state index >= 15 is 0 Å². The first-order valence-corrected chi connectivity index (χ1v) is 12.6. The molecule has 0 aliphatic carbocycles. The van der Waals surface area contributed by atoms with Gasteiger partial charge in [0.25, 0.3) is 5.56 Å². The van der Waals surface area contributed by atoms with E-state index in [-0.39, 0.29) is 25.4 Å². The summed E-state index contributed by atoms with van der Waals surface area (Å²) in [5, 5.41) is 12.0. The van der Waals surface area contributed by atoms with Crippen molar-refractivity contribution in [3.8, 4) is 39.8 Å². The first kappa shape index (κ1) is 22.8. The van der Waals surface area contributed by atoms with Crippen molar-refractivity contribution in [3.05, 3.63) is 69.5 Å². The van der Waals surface area contributed by atoms with Crippen LogP contribution >= 0.6 is 0 Å². The number of hydrogen-bond acceptors (Lipinski definition) is 8. The molecule has 4 aromatic rings. The lowest BCUT2D eigenvalue weighted by Gasteiger charge is -2.31. The summed E-state index contributed by atoms with van der Waals surface area (Å²) in [7, 11) is 0. The fourth-order valence-electron chi connectivity index (χ4n) is 5.68. The first-order valence-electron chi connectivity index (χ1n) is 12.6. The highest BCUT2D eigenvalue weighted by atomic mass is 16.7. The number of carbonyl (C=O) groups is 1. The zero-order chi connectivity index (χ0) is 26.2.